The highest BCUT2D eigenvalue weighted by Gasteiger charge is 2.14. The SMILES string of the molecule is N#C/C(=C/Nc1ccc(F)c(F)c1F)C(=O)Nc1ccc(S(N)(=O)=O)cc1. The average Bonchev–Trinajstić information content (AvgIpc) is 2.61. The van der Waals surface area contributed by atoms with Gasteiger partial charge < -0.3 is 10.6 Å². The predicted octanol–water partition coefficient (Wildman–Crippen LogP) is 2.21. The number of halogens is 3. The van der Waals surface area contributed by atoms with Gasteiger partial charge in [0.2, 0.25) is 10.0 Å². The van der Waals surface area contributed by atoms with Gasteiger partial charge in [-0.05, 0) is 36.4 Å². The van der Waals surface area contributed by atoms with Crippen molar-refractivity contribution in [2.24, 2.45) is 5.14 Å². The van der Waals surface area contributed by atoms with Gasteiger partial charge in [-0.1, -0.05) is 0 Å². The minimum absolute atomic E-state index is 0.160. The summed E-state index contributed by atoms with van der Waals surface area (Å²) in [5, 5.41) is 18.5. The molecule has 2 rings (SSSR count). The van der Waals surface area contributed by atoms with Gasteiger partial charge in [-0.2, -0.15) is 5.26 Å². The Morgan fingerprint density at radius 3 is 2.26 bits per heavy atom. The van der Waals surface area contributed by atoms with E-state index in [1.165, 1.54) is 12.1 Å². The fourth-order valence-corrected chi connectivity index (χ4v) is 2.38. The summed E-state index contributed by atoms with van der Waals surface area (Å²) in [4.78, 5) is 11.9. The first-order chi connectivity index (χ1) is 12.6. The Balaban J connectivity index is 2.15. The number of nitrogens with one attached hydrogen (secondary N) is 2. The zero-order valence-corrected chi connectivity index (χ0v) is 14.1. The first-order valence-electron chi connectivity index (χ1n) is 7.08. The average molecular weight is 396 g/mol. The molecule has 4 N–H and O–H groups in total. The van der Waals surface area contributed by atoms with Crippen molar-refractivity contribution in [3.8, 4) is 6.07 Å². The van der Waals surface area contributed by atoms with Crippen LogP contribution in [0.5, 0.6) is 0 Å². The monoisotopic (exact) mass is 396 g/mol. The molecule has 0 unspecified atom stereocenters. The molecule has 0 atom stereocenters. The quantitative estimate of drug-likeness (QED) is 0.406. The van der Waals surface area contributed by atoms with Crippen LogP contribution in [0.4, 0.5) is 24.5 Å². The standard InChI is InChI=1S/C16H11F3N4O3S/c17-12-5-6-13(15(19)14(12)18)22-8-9(7-20)16(24)23-10-1-3-11(4-2-10)27(21,25)26/h1-6,8,22H,(H,23,24)(H2,21,25,26)/b9-8-. The molecule has 0 aliphatic carbocycles. The van der Waals surface area contributed by atoms with E-state index in [1.807, 2.05) is 0 Å². The Morgan fingerprint density at radius 2 is 1.70 bits per heavy atom. The molecule has 11 heteroatoms. The van der Waals surface area contributed by atoms with E-state index < -0.39 is 44.6 Å². The lowest BCUT2D eigenvalue weighted by atomic mass is 10.2. The minimum Gasteiger partial charge on any atom is -0.358 e. The number of anilines is 2. The Bertz CT molecular complexity index is 1060. The van der Waals surface area contributed by atoms with E-state index in [1.54, 1.807) is 6.07 Å². The van der Waals surface area contributed by atoms with Crippen molar-refractivity contribution in [2.75, 3.05) is 10.6 Å². The summed E-state index contributed by atoms with van der Waals surface area (Å²) in [6.45, 7) is 0. The lowest BCUT2D eigenvalue weighted by Crippen LogP contribution is -2.15. The summed E-state index contributed by atoms with van der Waals surface area (Å²) in [5.74, 6) is -5.51. The third-order valence-corrected chi connectivity index (χ3v) is 4.14. The van der Waals surface area contributed by atoms with Crippen molar-refractivity contribution in [1.29, 1.82) is 5.26 Å². The minimum atomic E-state index is -3.90. The first kappa shape index (κ1) is 20.0. The van der Waals surface area contributed by atoms with Crippen molar-refractivity contribution in [2.45, 2.75) is 4.90 Å². The molecule has 0 aromatic heterocycles. The second-order valence-corrected chi connectivity index (χ2v) is 6.62. The summed E-state index contributed by atoms with van der Waals surface area (Å²) in [7, 11) is -3.90. The van der Waals surface area contributed by atoms with Crippen LogP contribution in [-0.2, 0) is 14.8 Å². The number of nitrogens with zero attached hydrogens (tertiary/aromatic N) is 1. The summed E-state index contributed by atoms with van der Waals surface area (Å²) in [6.07, 6.45) is 0.809. The number of nitrogens with two attached hydrogens (primary N) is 1. The van der Waals surface area contributed by atoms with E-state index in [9.17, 15) is 26.4 Å². The van der Waals surface area contributed by atoms with Gasteiger partial charge in [-0.3, -0.25) is 4.79 Å². The molecule has 140 valence electrons. The van der Waals surface area contributed by atoms with Crippen LogP contribution in [0.2, 0.25) is 0 Å². The third-order valence-electron chi connectivity index (χ3n) is 3.21. The maximum atomic E-state index is 13.5. The number of rotatable bonds is 5. The van der Waals surface area contributed by atoms with Crippen molar-refractivity contribution >= 4 is 27.3 Å². The molecule has 0 fully saturated rings. The van der Waals surface area contributed by atoms with Crippen molar-refractivity contribution < 1.29 is 26.4 Å². The highest BCUT2D eigenvalue weighted by Crippen LogP contribution is 2.20. The highest BCUT2D eigenvalue weighted by atomic mass is 32.2. The normalized spacial score (nSPS) is 11.6. The second-order valence-electron chi connectivity index (χ2n) is 5.06. The van der Waals surface area contributed by atoms with Gasteiger partial charge in [0.05, 0.1) is 10.6 Å². The molecule has 0 radical (unpaired) electrons. The number of benzene rings is 2. The lowest BCUT2D eigenvalue weighted by molar-refractivity contribution is -0.112. The largest absolute Gasteiger partial charge is 0.358 e. The van der Waals surface area contributed by atoms with Gasteiger partial charge >= 0.3 is 0 Å². The topological polar surface area (TPSA) is 125 Å². The molecule has 0 aliphatic rings. The van der Waals surface area contributed by atoms with Crippen LogP contribution in [0.3, 0.4) is 0 Å². The fourth-order valence-electron chi connectivity index (χ4n) is 1.86. The summed E-state index contributed by atoms with van der Waals surface area (Å²) in [6, 6.07) is 7.91. The van der Waals surface area contributed by atoms with Crippen LogP contribution in [-0.4, -0.2) is 14.3 Å². The van der Waals surface area contributed by atoms with Crippen molar-refractivity contribution in [3.05, 3.63) is 65.6 Å². The third kappa shape index (κ3) is 4.84. The molecular formula is C16H11F3N4O3S. The molecule has 0 bridgehead atoms. The maximum absolute atomic E-state index is 13.5. The van der Waals surface area contributed by atoms with Crippen LogP contribution in [0.25, 0.3) is 0 Å². The van der Waals surface area contributed by atoms with Crippen LogP contribution < -0.4 is 15.8 Å². The van der Waals surface area contributed by atoms with Gasteiger partial charge in [0.1, 0.15) is 11.6 Å². The summed E-state index contributed by atoms with van der Waals surface area (Å²) < 4.78 is 61.9. The number of amides is 1. The molecule has 0 saturated carbocycles. The number of nitriles is 1. The molecule has 2 aromatic rings. The molecule has 0 saturated heterocycles. The maximum Gasteiger partial charge on any atom is 0.267 e. The number of carbonyl (C=O) groups is 1. The molecule has 27 heavy (non-hydrogen) atoms. The first-order valence-corrected chi connectivity index (χ1v) is 8.62. The molecule has 0 spiro atoms. The van der Waals surface area contributed by atoms with Gasteiger partial charge in [-0.15, -0.1) is 0 Å². The number of hydrogen-bond donors (Lipinski definition) is 3. The predicted molar refractivity (Wildman–Crippen MR) is 90.1 cm³/mol. The van der Waals surface area contributed by atoms with Crippen molar-refractivity contribution in [3.63, 3.8) is 0 Å². The smallest absolute Gasteiger partial charge is 0.267 e. The molecule has 0 heterocycles. The highest BCUT2D eigenvalue weighted by molar-refractivity contribution is 7.89. The summed E-state index contributed by atoms with van der Waals surface area (Å²) in [5.41, 5.74) is -0.825. The Kier molecular flexibility index (Phi) is 5.84. The van der Waals surface area contributed by atoms with Gasteiger partial charge in [-0.25, -0.2) is 26.7 Å². The molecular weight excluding hydrogens is 385 g/mol. The van der Waals surface area contributed by atoms with Crippen LogP contribution in [0.1, 0.15) is 0 Å². The van der Waals surface area contributed by atoms with Gasteiger partial charge in [0.25, 0.3) is 5.91 Å². The number of carbonyl (C=O) groups excluding carboxylic acids is 1. The zero-order valence-electron chi connectivity index (χ0n) is 13.3. The van der Waals surface area contributed by atoms with E-state index in [0.717, 1.165) is 24.4 Å². The molecule has 7 nitrogen and oxygen atoms in total. The molecule has 1 amide bonds. The van der Waals surface area contributed by atoms with Crippen LogP contribution in [0.15, 0.2) is 53.1 Å². The van der Waals surface area contributed by atoms with E-state index in [2.05, 4.69) is 10.6 Å². The van der Waals surface area contributed by atoms with Crippen LogP contribution >= 0.6 is 0 Å². The van der Waals surface area contributed by atoms with Crippen LogP contribution in [0, 0.1) is 28.8 Å². The summed E-state index contributed by atoms with van der Waals surface area (Å²) >= 11 is 0. The van der Waals surface area contributed by atoms with E-state index >= 15 is 0 Å². The van der Waals surface area contributed by atoms with Gasteiger partial charge in [0.15, 0.2) is 17.5 Å². The number of hydrogen-bond acceptors (Lipinski definition) is 5. The lowest BCUT2D eigenvalue weighted by Gasteiger charge is -2.07. The molecule has 2 aromatic carbocycles. The van der Waals surface area contributed by atoms with Gasteiger partial charge in [0, 0.05) is 11.9 Å². The fraction of sp³-hybridized carbons (Fsp3) is 0. The van der Waals surface area contributed by atoms with E-state index in [0.29, 0.717) is 6.07 Å². The Hall–Kier alpha value is -3.36. The Morgan fingerprint density at radius 1 is 1.07 bits per heavy atom. The Labute approximate surface area is 152 Å². The number of sulfonamides is 1. The number of primary sulfonamides is 1. The second kappa shape index (κ2) is 7.90. The van der Waals surface area contributed by atoms with Crippen molar-refractivity contribution in [1.82, 2.24) is 0 Å². The van der Waals surface area contributed by atoms with E-state index in [4.69, 9.17) is 10.4 Å². The van der Waals surface area contributed by atoms with E-state index in [-0.39, 0.29) is 10.6 Å². The zero-order chi connectivity index (χ0) is 20.2. The molecule has 0 aliphatic heterocycles.